The fraction of sp³-hybridized carbons (Fsp3) is 0.444. The number of β-lactam (4-membered cyclic amide) rings is 1. The van der Waals surface area contributed by atoms with Gasteiger partial charge in [0.25, 0.3) is 0 Å². The Morgan fingerprint density at radius 2 is 2.21 bits per heavy atom. The van der Waals surface area contributed by atoms with Crippen molar-refractivity contribution in [3.63, 3.8) is 0 Å². The van der Waals surface area contributed by atoms with Gasteiger partial charge in [-0.2, -0.15) is 0 Å². The van der Waals surface area contributed by atoms with Crippen LogP contribution in [0.5, 0.6) is 0 Å². The van der Waals surface area contributed by atoms with Crippen molar-refractivity contribution < 1.29 is 29.3 Å². The number of aliphatic hydroxyl groups excluding tert-OH is 1. The van der Waals surface area contributed by atoms with Crippen LogP contribution in [0.25, 0.3) is 6.08 Å². The first-order chi connectivity index (χ1) is 13.2. The molecule has 0 aromatic carbocycles. The molecule has 0 bridgehead atoms. The maximum absolute atomic E-state index is 12.3. The summed E-state index contributed by atoms with van der Waals surface area (Å²) in [5.74, 6) is -2.68. The number of carboxylic acid groups (broad SMARTS) is 1. The summed E-state index contributed by atoms with van der Waals surface area (Å²) < 4.78 is 4.96. The van der Waals surface area contributed by atoms with Crippen LogP contribution in [0.3, 0.4) is 0 Å². The number of nitrogens with zero attached hydrogens (tertiary/aromatic N) is 2. The number of esters is 1. The van der Waals surface area contributed by atoms with Crippen LogP contribution in [0, 0.1) is 11.8 Å². The van der Waals surface area contributed by atoms with Crippen LogP contribution in [0.1, 0.15) is 31.3 Å². The van der Waals surface area contributed by atoms with Crippen LogP contribution in [0.4, 0.5) is 0 Å². The van der Waals surface area contributed by atoms with Crippen molar-refractivity contribution in [1.82, 2.24) is 9.88 Å². The number of carbonyl (C=O) groups is 3. The van der Waals surface area contributed by atoms with Crippen molar-refractivity contribution in [3.05, 3.63) is 32.1 Å². The van der Waals surface area contributed by atoms with Gasteiger partial charge in [-0.1, -0.05) is 18.7 Å². The number of carboxylic acids is 1. The molecule has 1 aromatic rings. The van der Waals surface area contributed by atoms with Crippen molar-refractivity contribution in [2.45, 2.75) is 39.5 Å². The maximum atomic E-state index is 12.3. The highest BCUT2D eigenvalue weighted by atomic mass is 32.2. The molecule has 0 spiro atoms. The lowest BCUT2D eigenvalue weighted by Gasteiger charge is -2.46. The molecule has 10 heteroatoms. The number of fused-ring (bicyclic) bond motifs is 1. The average Bonchev–Trinajstić information content (AvgIpc) is 3.14. The SMILES string of the molecule is CC(=O)OCc1ncsc1C=CSC1=C(C(=O)O)N2C(=O)[C@H]([C@@H](C)O)[C@H]2[C@H]1C. The van der Waals surface area contributed by atoms with Gasteiger partial charge in [0, 0.05) is 17.7 Å². The molecule has 150 valence electrons. The van der Waals surface area contributed by atoms with E-state index in [2.05, 4.69) is 4.98 Å². The van der Waals surface area contributed by atoms with Crippen LogP contribution in [0.2, 0.25) is 0 Å². The summed E-state index contributed by atoms with van der Waals surface area (Å²) in [7, 11) is 0. The van der Waals surface area contributed by atoms with E-state index in [1.807, 2.05) is 6.92 Å². The highest BCUT2D eigenvalue weighted by molar-refractivity contribution is 8.06. The smallest absolute Gasteiger partial charge is 0.353 e. The molecule has 1 saturated heterocycles. The van der Waals surface area contributed by atoms with Crippen molar-refractivity contribution >= 4 is 47.0 Å². The summed E-state index contributed by atoms with van der Waals surface area (Å²) in [4.78, 5) is 41.9. The molecule has 28 heavy (non-hydrogen) atoms. The van der Waals surface area contributed by atoms with E-state index in [1.165, 1.54) is 34.9 Å². The minimum atomic E-state index is -1.16. The second kappa shape index (κ2) is 8.06. The quantitative estimate of drug-likeness (QED) is 0.505. The van der Waals surface area contributed by atoms with Gasteiger partial charge in [0.05, 0.1) is 34.1 Å². The van der Waals surface area contributed by atoms with E-state index in [9.17, 15) is 24.6 Å². The van der Waals surface area contributed by atoms with E-state index in [0.29, 0.717) is 10.6 Å². The summed E-state index contributed by atoms with van der Waals surface area (Å²) in [5.41, 5.74) is 2.25. The van der Waals surface area contributed by atoms with Gasteiger partial charge >= 0.3 is 11.9 Å². The highest BCUT2D eigenvalue weighted by Gasteiger charge is 2.59. The van der Waals surface area contributed by atoms with Crippen molar-refractivity contribution in [3.8, 4) is 0 Å². The molecule has 2 aliphatic rings. The van der Waals surface area contributed by atoms with Crippen LogP contribution in [0.15, 0.2) is 21.5 Å². The van der Waals surface area contributed by atoms with E-state index < -0.39 is 24.0 Å². The Kier molecular flexibility index (Phi) is 5.92. The normalized spacial score (nSPS) is 25.1. The predicted octanol–water partition coefficient (Wildman–Crippen LogP) is 2.06. The lowest BCUT2D eigenvalue weighted by atomic mass is 9.79. The molecule has 0 radical (unpaired) electrons. The average molecular weight is 425 g/mol. The topological polar surface area (TPSA) is 117 Å². The van der Waals surface area contributed by atoms with Crippen molar-refractivity contribution in [2.24, 2.45) is 11.8 Å². The number of aromatic nitrogens is 1. The van der Waals surface area contributed by atoms with E-state index >= 15 is 0 Å². The number of thioether (sulfide) groups is 1. The Hall–Kier alpha value is -2.17. The molecule has 0 aliphatic carbocycles. The third-order valence-electron chi connectivity index (χ3n) is 4.81. The number of rotatable bonds is 7. The summed E-state index contributed by atoms with van der Waals surface area (Å²) in [5, 5.41) is 21.2. The molecule has 4 atom stereocenters. The lowest BCUT2D eigenvalue weighted by molar-refractivity contribution is -0.163. The third kappa shape index (κ3) is 3.59. The number of amides is 1. The number of thiazole rings is 1. The Bertz CT molecular complexity index is 875. The van der Waals surface area contributed by atoms with Crippen molar-refractivity contribution in [1.29, 1.82) is 0 Å². The molecule has 3 rings (SSSR count). The molecular weight excluding hydrogens is 404 g/mol. The lowest BCUT2D eigenvalue weighted by Crippen LogP contribution is -2.63. The van der Waals surface area contributed by atoms with E-state index in [4.69, 9.17) is 4.74 Å². The Morgan fingerprint density at radius 1 is 1.50 bits per heavy atom. The van der Waals surface area contributed by atoms with Crippen molar-refractivity contribution in [2.75, 3.05) is 0 Å². The van der Waals surface area contributed by atoms with E-state index in [-0.39, 0.29) is 30.2 Å². The van der Waals surface area contributed by atoms with Gasteiger partial charge in [0.2, 0.25) is 5.91 Å². The zero-order chi connectivity index (χ0) is 20.6. The number of ether oxygens (including phenoxy) is 1. The fourth-order valence-corrected chi connectivity index (χ4v) is 5.32. The van der Waals surface area contributed by atoms with Gasteiger partial charge in [0.1, 0.15) is 12.3 Å². The minimum Gasteiger partial charge on any atom is -0.477 e. The van der Waals surface area contributed by atoms with Crippen LogP contribution in [-0.2, 0) is 25.7 Å². The van der Waals surface area contributed by atoms with Crippen LogP contribution >= 0.6 is 23.1 Å². The fourth-order valence-electron chi connectivity index (χ4n) is 3.54. The zero-order valence-electron chi connectivity index (χ0n) is 15.5. The molecule has 8 nitrogen and oxygen atoms in total. The Labute approximate surface area is 169 Å². The van der Waals surface area contributed by atoms with Crippen LogP contribution in [-0.4, -0.2) is 50.1 Å². The largest absolute Gasteiger partial charge is 0.477 e. The number of aliphatic carboxylic acids is 1. The molecular formula is C18H20N2O6S2. The highest BCUT2D eigenvalue weighted by Crippen LogP contribution is 2.50. The third-order valence-corrected chi connectivity index (χ3v) is 6.74. The molecule has 0 saturated carbocycles. The Balaban J connectivity index is 1.78. The molecule has 1 aromatic heterocycles. The van der Waals surface area contributed by atoms with Gasteiger partial charge in [-0.15, -0.1) is 11.3 Å². The standard InChI is InChI=1S/C18H20N2O6S2/c1-8-14-13(9(2)21)17(23)20(14)15(18(24)25)16(8)27-5-4-12-11(19-7-28-12)6-26-10(3)22/h4-5,7-9,13-14,21H,6H2,1-3H3,(H,24,25)/t8-,9-,13-,14-/m1/s1. The number of aliphatic hydroxyl groups is 1. The van der Waals surface area contributed by atoms with Gasteiger partial charge < -0.3 is 19.8 Å². The maximum Gasteiger partial charge on any atom is 0.353 e. The Morgan fingerprint density at radius 3 is 2.82 bits per heavy atom. The predicted molar refractivity (Wildman–Crippen MR) is 104 cm³/mol. The molecule has 2 N–H and O–H groups in total. The summed E-state index contributed by atoms with van der Waals surface area (Å²) >= 11 is 2.61. The van der Waals surface area contributed by atoms with Gasteiger partial charge in [-0.25, -0.2) is 9.78 Å². The number of hydrogen-bond donors (Lipinski definition) is 2. The monoisotopic (exact) mass is 424 g/mol. The van der Waals surface area contributed by atoms with E-state index in [1.54, 1.807) is 23.9 Å². The second-order valence-corrected chi connectivity index (χ2v) is 8.47. The molecule has 1 fully saturated rings. The first-order valence-electron chi connectivity index (χ1n) is 8.61. The van der Waals surface area contributed by atoms with Gasteiger partial charge in [-0.05, 0) is 18.4 Å². The van der Waals surface area contributed by atoms with E-state index in [0.717, 1.165) is 4.88 Å². The number of carbonyl (C=O) groups excluding carboxylic acids is 2. The molecule has 0 unspecified atom stereocenters. The summed E-state index contributed by atoms with van der Waals surface area (Å²) in [6.07, 6.45) is 0.955. The number of hydrogen-bond acceptors (Lipinski definition) is 8. The molecule has 3 heterocycles. The zero-order valence-corrected chi connectivity index (χ0v) is 17.1. The van der Waals surface area contributed by atoms with Crippen LogP contribution < -0.4 is 0 Å². The first kappa shape index (κ1) is 20.6. The molecule has 2 aliphatic heterocycles. The van der Waals surface area contributed by atoms with Gasteiger partial charge in [-0.3, -0.25) is 9.59 Å². The first-order valence-corrected chi connectivity index (χ1v) is 10.4. The second-order valence-electron chi connectivity index (χ2n) is 6.64. The minimum absolute atomic E-state index is 0.0153. The molecule has 1 amide bonds. The van der Waals surface area contributed by atoms with Gasteiger partial charge in [0.15, 0.2) is 0 Å². The summed E-state index contributed by atoms with van der Waals surface area (Å²) in [6, 6.07) is -0.336. The summed E-state index contributed by atoms with van der Waals surface area (Å²) in [6.45, 7) is 4.81.